The summed E-state index contributed by atoms with van der Waals surface area (Å²) in [4.78, 5) is 11.2. The molecule has 0 spiro atoms. The van der Waals surface area contributed by atoms with Crippen molar-refractivity contribution in [3.8, 4) is 0 Å². The molecule has 0 saturated carbocycles. The average molecular weight is 243 g/mol. The lowest BCUT2D eigenvalue weighted by molar-refractivity contribution is -0.142. The maximum Gasteiger partial charge on any atom is 0.306 e. The van der Waals surface area contributed by atoms with Gasteiger partial charge in [0.05, 0.1) is 5.92 Å². The van der Waals surface area contributed by atoms with Crippen LogP contribution >= 0.6 is 0 Å². The number of aliphatic carboxylic acids is 1. The van der Waals surface area contributed by atoms with E-state index in [1.54, 1.807) is 0 Å². The van der Waals surface area contributed by atoms with Crippen LogP contribution in [0.4, 0.5) is 0 Å². The number of carbonyl (C=O) groups is 1. The summed E-state index contributed by atoms with van der Waals surface area (Å²) < 4.78 is 0. The van der Waals surface area contributed by atoms with E-state index in [4.69, 9.17) is 5.73 Å². The Hall–Kier alpha value is -0.570. The molecule has 0 aromatic rings. The van der Waals surface area contributed by atoms with Crippen LogP contribution < -0.4 is 5.73 Å². The molecule has 0 aliphatic heterocycles. The van der Waals surface area contributed by atoms with E-state index in [0.29, 0.717) is 12.5 Å². The van der Waals surface area contributed by atoms with Gasteiger partial charge in [-0.2, -0.15) is 0 Å². The summed E-state index contributed by atoms with van der Waals surface area (Å²) in [5, 5.41) is 9.21. The molecule has 0 fully saturated rings. The van der Waals surface area contributed by atoms with Gasteiger partial charge in [0.15, 0.2) is 0 Å². The van der Waals surface area contributed by atoms with Crippen LogP contribution in [0.25, 0.3) is 0 Å². The first-order chi connectivity index (χ1) is 8.15. The Morgan fingerprint density at radius 3 is 2.35 bits per heavy atom. The number of hydrogen-bond donors (Lipinski definition) is 2. The number of hydrogen-bond acceptors (Lipinski definition) is 2. The van der Waals surface area contributed by atoms with Crippen molar-refractivity contribution in [2.75, 3.05) is 6.54 Å². The molecule has 3 heteroatoms. The van der Waals surface area contributed by atoms with Crippen LogP contribution in [0, 0.1) is 11.8 Å². The van der Waals surface area contributed by atoms with Crippen molar-refractivity contribution in [2.45, 2.75) is 65.2 Å². The Morgan fingerprint density at radius 1 is 1.18 bits per heavy atom. The van der Waals surface area contributed by atoms with Gasteiger partial charge in [0.2, 0.25) is 0 Å². The normalized spacial score (nSPS) is 14.5. The highest BCUT2D eigenvalue weighted by molar-refractivity contribution is 5.69. The molecule has 0 aromatic carbocycles. The van der Waals surface area contributed by atoms with Gasteiger partial charge < -0.3 is 10.8 Å². The summed E-state index contributed by atoms with van der Waals surface area (Å²) in [6.07, 6.45) is 8.20. The number of nitrogens with two attached hydrogens (primary N) is 1. The van der Waals surface area contributed by atoms with Crippen LogP contribution in [0.1, 0.15) is 65.2 Å². The second-order valence-corrected chi connectivity index (χ2v) is 4.97. The van der Waals surface area contributed by atoms with Gasteiger partial charge in [-0.25, -0.2) is 0 Å². The first kappa shape index (κ1) is 16.4. The van der Waals surface area contributed by atoms with Crippen LogP contribution in [0.5, 0.6) is 0 Å². The van der Waals surface area contributed by atoms with Crippen molar-refractivity contribution in [1.82, 2.24) is 0 Å². The molecule has 3 nitrogen and oxygen atoms in total. The smallest absolute Gasteiger partial charge is 0.306 e. The lowest BCUT2D eigenvalue weighted by Gasteiger charge is -2.19. The minimum atomic E-state index is -0.628. The van der Waals surface area contributed by atoms with Crippen molar-refractivity contribution in [2.24, 2.45) is 17.6 Å². The van der Waals surface area contributed by atoms with Gasteiger partial charge in [-0.15, -0.1) is 0 Å². The van der Waals surface area contributed by atoms with Gasteiger partial charge in [-0.1, -0.05) is 46.0 Å². The van der Waals surface area contributed by atoms with E-state index < -0.39 is 5.97 Å². The molecule has 17 heavy (non-hydrogen) atoms. The molecule has 2 atom stereocenters. The average Bonchev–Trinajstić information content (AvgIpc) is 2.32. The molecular weight excluding hydrogens is 214 g/mol. The predicted molar refractivity (Wildman–Crippen MR) is 72.0 cm³/mol. The van der Waals surface area contributed by atoms with E-state index in [9.17, 15) is 9.90 Å². The van der Waals surface area contributed by atoms with Crippen molar-refractivity contribution in [3.05, 3.63) is 0 Å². The van der Waals surface area contributed by atoms with E-state index in [1.165, 1.54) is 19.3 Å². The van der Waals surface area contributed by atoms with Gasteiger partial charge >= 0.3 is 5.97 Å². The first-order valence-corrected chi connectivity index (χ1v) is 7.08. The molecule has 0 amide bonds. The van der Waals surface area contributed by atoms with Crippen molar-refractivity contribution < 1.29 is 9.90 Å². The zero-order valence-corrected chi connectivity index (χ0v) is 11.5. The minimum Gasteiger partial charge on any atom is -0.481 e. The Kier molecular flexibility index (Phi) is 10.2. The van der Waals surface area contributed by atoms with E-state index in [-0.39, 0.29) is 5.92 Å². The van der Waals surface area contributed by atoms with Gasteiger partial charge in [0, 0.05) is 0 Å². The molecule has 0 aromatic heterocycles. The predicted octanol–water partition coefficient (Wildman–Crippen LogP) is 3.42. The molecule has 0 aliphatic carbocycles. The molecule has 2 unspecified atom stereocenters. The van der Waals surface area contributed by atoms with E-state index in [2.05, 4.69) is 13.8 Å². The quantitative estimate of drug-likeness (QED) is 0.546. The molecule has 0 radical (unpaired) electrons. The highest BCUT2D eigenvalue weighted by Gasteiger charge is 2.20. The third kappa shape index (κ3) is 8.19. The number of carboxylic acids is 1. The Labute approximate surface area is 106 Å². The maximum atomic E-state index is 11.2. The largest absolute Gasteiger partial charge is 0.481 e. The molecule has 0 heterocycles. The third-order valence-corrected chi connectivity index (χ3v) is 3.52. The van der Waals surface area contributed by atoms with Crippen molar-refractivity contribution in [3.63, 3.8) is 0 Å². The topological polar surface area (TPSA) is 63.3 Å². The highest BCUT2D eigenvalue weighted by Crippen LogP contribution is 2.25. The zero-order chi connectivity index (χ0) is 13.1. The Bertz CT molecular complexity index is 195. The SMILES string of the molecule is CCCCC(CC)CC(CCCCN)C(=O)O. The van der Waals surface area contributed by atoms with E-state index >= 15 is 0 Å². The molecule has 0 saturated heterocycles. The number of carboxylic acid groups (broad SMARTS) is 1. The first-order valence-electron chi connectivity index (χ1n) is 7.08. The third-order valence-electron chi connectivity index (χ3n) is 3.52. The Balaban J connectivity index is 4.06. The van der Waals surface area contributed by atoms with E-state index in [0.717, 1.165) is 32.1 Å². The van der Waals surface area contributed by atoms with E-state index in [1.807, 2.05) is 0 Å². The molecular formula is C14H29NO2. The van der Waals surface area contributed by atoms with Gasteiger partial charge in [-0.05, 0) is 31.7 Å². The van der Waals surface area contributed by atoms with Crippen LogP contribution in [0.15, 0.2) is 0 Å². The molecule has 0 bridgehead atoms. The van der Waals surface area contributed by atoms with Crippen LogP contribution in [-0.2, 0) is 4.79 Å². The monoisotopic (exact) mass is 243 g/mol. The minimum absolute atomic E-state index is 0.164. The fourth-order valence-corrected chi connectivity index (χ4v) is 2.26. The fourth-order valence-electron chi connectivity index (χ4n) is 2.26. The Morgan fingerprint density at radius 2 is 1.88 bits per heavy atom. The van der Waals surface area contributed by atoms with Gasteiger partial charge in [-0.3, -0.25) is 4.79 Å². The number of unbranched alkanes of at least 4 members (excludes halogenated alkanes) is 2. The lowest BCUT2D eigenvalue weighted by Crippen LogP contribution is -2.18. The van der Waals surface area contributed by atoms with Crippen molar-refractivity contribution in [1.29, 1.82) is 0 Å². The molecule has 3 N–H and O–H groups in total. The van der Waals surface area contributed by atoms with Crippen LogP contribution in [-0.4, -0.2) is 17.6 Å². The molecule has 0 aliphatic rings. The fraction of sp³-hybridized carbons (Fsp3) is 0.929. The van der Waals surface area contributed by atoms with Crippen LogP contribution in [0.2, 0.25) is 0 Å². The summed E-state index contributed by atoms with van der Waals surface area (Å²) in [6, 6.07) is 0. The standard InChI is InChI=1S/C14H29NO2/c1-3-5-8-12(4-2)11-13(14(16)17)9-6-7-10-15/h12-13H,3-11,15H2,1-2H3,(H,16,17). The second-order valence-electron chi connectivity index (χ2n) is 4.97. The zero-order valence-electron chi connectivity index (χ0n) is 11.5. The molecule has 0 rings (SSSR count). The lowest BCUT2D eigenvalue weighted by atomic mass is 9.86. The van der Waals surface area contributed by atoms with Crippen LogP contribution in [0.3, 0.4) is 0 Å². The summed E-state index contributed by atoms with van der Waals surface area (Å²) >= 11 is 0. The summed E-state index contributed by atoms with van der Waals surface area (Å²) in [7, 11) is 0. The maximum absolute atomic E-state index is 11.2. The second kappa shape index (κ2) is 10.6. The highest BCUT2D eigenvalue weighted by atomic mass is 16.4. The number of rotatable bonds is 11. The summed E-state index contributed by atoms with van der Waals surface area (Å²) in [6.45, 7) is 5.02. The van der Waals surface area contributed by atoms with Crippen molar-refractivity contribution >= 4 is 5.97 Å². The summed E-state index contributed by atoms with van der Waals surface area (Å²) in [5.41, 5.74) is 5.44. The molecule has 102 valence electrons. The van der Waals surface area contributed by atoms with Gasteiger partial charge in [0.1, 0.15) is 0 Å². The summed E-state index contributed by atoms with van der Waals surface area (Å²) in [5.74, 6) is -0.214. The van der Waals surface area contributed by atoms with Gasteiger partial charge in [0.25, 0.3) is 0 Å².